The number of aromatic amines is 1. The lowest BCUT2D eigenvalue weighted by molar-refractivity contribution is 1.34. The molecule has 3 N–H and O–H groups in total. The van der Waals surface area contributed by atoms with Gasteiger partial charge in [0.1, 0.15) is 4.99 Å². The van der Waals surface area contributed by atoms with E-state index in [9.17, 15) is 0 Å². The average Bonchev–Trinajstić information content (AvgIpc) is 2.13. The Bertz CT molecular complexity index is 227. The predicted octanol–water partition coefficient (Wildman–Crippen LogP) is 0.957. The Morgan fingerprint density at radius 3 is 2.67 bits per heavy atom. The number of H-pyrrole nitrogens is 1. The Hall–Kier alpha value is -0.830. The van der Waals surface area contributed by atoms with Crippen molar-refractivity contribution >= 4 is 17.2 Å². The zero-order valence-electron chi connectivity index (χ0n) is 5.14. The smallest absolute Gasteiger partial charge is 0.120 e. The minimum atomic E-state index is 0.428. The number of aryl methyl sites for hydroxylation is 1. The molecule has 0 spiro atoms. The van der Waals surface area contributed by atoms with Crippen LogP contribution in [0.3, 0.4) is 0 Å². The van der Waals surface area contributed by atoms with Crippen LogP contribution in [0, 0.1) is 6.92 Å². The number of hydrogen-bond donors (Lipinski definition) is 2. The van der Waals surface area contributed by atoms with Crippen LogP contribution in [0.5, 0.6) is 0 Å². The second-order valence-corrected chi connectivity index (χ2v) is 2.34. The summed E-state index contributed by atoms with van der Waals surface area (Å²) in [7, 11) is 0. The molecule has 0 fully saturated rings. The Morgan fingerprint density at radius 2 is 2.44 bits per heavy atom. The van der Waals surface area contributed by atoms with Crippen molar-refractivity contribution in [1.82, 2.24) is 4.98 Å². The standard InChI is InChI=1S/C6H8N2S/c1-4-2-3-8-5(4)6(7)9/h2-3,8H,1H3,(H2,7,9). The van der Waals surface area contributed by atoms with E-state index in [1.807, 2.05) is 19.2 Å². The Balaban J connectivity index is 3.08. The zero-order valence-corrected chi connectivity index (χ0v) is 5.96. The molecule has 9 heavy (non-hydrogen) atoms. The van der Waals surface area contributed by atoms with Gasteiger partial charge in [-0.05, 0) is 18.6 Å². The summed E-state index contributed by atoms with van der Waals surface area (Å²) in [4.78, 5) is 3.37. The first kappa shape index (κ1) is 6.29. The van der Waals surface area contributed by atoms with Gasteiger partial charge in [0.05, 0.1) is 5.69 Å². The van der Waals surface area contributed by atoms with Crippen molar-refractivity contribution in [3.05, 3.63) is 23.5 Å². The number of rotatable bonds is 1. The molecular weight excluding hydrogens is 132 g/mol. The average molecular weight is 140 g/mol. The molecule has 0 saturated heterocycles. The van der Waals surface area contributed by atoms with Gasteiger partial charge >= 0.3 is 0 Å². The molecule has 0 unspecified atom stereocenters. The Labute approximate surface area is 59.1 Å². The van der Waals surface area contributed by atoms with Crippen molar-refractivity contribution < 1.29 is 0 Å². The van der Waals surface area contributed by atoms with Gasteiger partial charge in [0.25, 0.3) is 0 Å². The van der Waals surface area contributed by atoms with Gasteiger partial charge < -0.3 is 10.7 Å². The maximum atomic E-state index is 5.36. The molecule has 0 aliphatic rings. The summed E-state index contributed by atoms with van der Waals surface area (Å²) >= 11 is 4.75. The minimum Gasteiger partial charge on any atom is -0.388 e. The van der Waals surface area contributed by atoms with Crippen molar-refractivity contribution in [2.45, 2.75) is 6.92 Å². The van der Waals surface area contributed by atoms with Gasteiger partial charge in [-0.3, -0.25) is 0 Å². The van der Waals surface area contributed by atoms with Crippen LogP contribution < -0.4 is 5.73 Å². The van der Waals surface area contributed by atoms with Gasteiger partial charge in [-0.15, -0.1) is 0 Å². The molecule has 1 aromatic rings. The first-order valence-corrected chi connectivity index (χ1v) is 3.06. The summed E-state index contributed by atoms with van der Waals surface area (Å²) in [6, 6.07) is 1.94. The highest BCUT2D eigenvalue weighted by Crippen LogP contribution is 2.02. The molecule has 0 aliphatic heterocycles. The number of aromatic nitrogens is 1. The number of nitrogens with one attached hydrogen (secondary N) is 1. The zero-order chi connectivity index (χ0) is 6.85. The molecule has 0 radical (unpaired) electrons. The molecule has 1 heterocycles. The van der Waals surface area contributed by atoms with Crippen LogP contribution >= 0.6 is 12.2 Å². The fourth-order valence-electron chi connectivity index (χ4n) is 0.713. The van der Waals surface area contributed by atoms with Crippen LogP contribution in [0.25, 0.3) is 0 Å². The Morgan fingerprint density at radius 1 is 1.78 bits per heavy atom. The Kier molecular flexibility index (Phi) is 1.53. The van der Waals surface area contributed by atoms with Gasteiger partial charge in [-0.1, -0.05) is 12.2 Å². The molecule has 0 aliphatic carbocycles. The predicted molar refractivity (Wildman–Crippen MR) is 41.4 cm³/mol. The van der Waals surface area contributed by atoms with E-state index in [0.29, 0.717) is 4.99 Å². The number of hydrogen-bond acceptors (Lipinski definition) is 1. The number of nitrogens with two attached hydrogens (primary N) is 1. The molecule has 0 bridgehead atoms. The normalized spacial score (nSPS) is 9.44. The van der Waals surface area contributed by atoms with Crippen LogP contribution in [-0.4, -0.2) is 9.97 Å². The lowest BCUT2D eigenvalue weighted by Crippen LogP contribution is -2.10. The van der Waals surface area contributed by atoms with Gasteiger partial charge in [-0.25, -0.2) is 0 Å². The van der Waals surface area contributed by atoms with Gasteiger partial charge in [0.15, 0.2) is 0 Å². The van der Waals surface area contributed by atoms with Crippen LogP contribution in [0.15, 0.2) is 12.3 Å². The maximum absolute atomic E-state index is 5.36. The van der Waals surface area contributed by atoms with Crippen molar-refractivity contribution in [3.63, 3.8) is 0 Å². The molecule has 0 atom stereocenters. The third-order valence-corrected chi connectivity index (χ3v) is 1.41. The van der Waals surface area contributed by atoms with Crippen molar-refractivity contribution in [3.8, 4) is 0 Å². The molecular formula is C6H8N2S. The van der Waals surface area contributed by atoms with E-state index in [2.05, 4.69) is 4.98 Å². The molecule has 2 nitrogen and oxygen atoms in total. The third-order valence-electron chi connectivity index (χ3n) is 1.20. The highest BCUT2D eigenvalue weighted by atomic mass is 32.1. The van der Waals surface area contributed by atoms with Crippen LogP contribution in [-0.2, 0) is 0 Å². The van der Waals surface area contributed by atoms with E-state index in [4.69, 9.17) is 18.0 Å². The monoisotopic (exact) mass is 140 g/mol. The lowest BCUT2D eigenvalue weighted by atomic mass is 10.3. The van der Waals surface area contributed by atoms with E-state index in [1.165, 1.54) is 0 Å². The molecule has 0 amide bonds. The summed E-state index contributed by atoms with van der Waals surface area (Å²) in [5.74, 6) is 0. The van der Waals surface area contributed by atoms with Crippen molar-refractivity contribution in [2.24, 2.45) is 5.73 Å². The van der Waals surface area contributed by atoms with Gasteiger partial charge in [0.2, 0.25) is 0 Å². The quantitative estimate of drug-likeness (QED) is 0.570. The summed E-state index contributed by atoms with van der Waals surface area (Å²) in [5.41, 5.74) is 7.32. The lowest BCUT2D eigenvalue weighted by Gasteiger charge is -1.92. The summed E-state index contributed by atoms with van der Waals surface area (Å²) in [5, 5.41) is 0. The molecule has 3 heteroatoms. The van der Waals surface area contributed by atoms with Gasteiger partial charge in [0, 0.05) is 6.20 Å². The molecule has 48 valence electrons. The van der Waals surface area contributed by atoms with Crippen molar-refractivity contribution in [1.29, 1.82) is 0 Å². The molecule has 1 rings (SSSR count). The second kappa shape index (κ2) is 2.19. The summed E-state index contributed by atoms with van der Waals surface area (Å²) < 4.78 is 0. The first-order valence-electron chi connectivity index (χ1n) is 2.65. The fourth-order valence-corrected chi connectivity index (χ4v) is 0.933. The van der Waals surface area contributed by atoms with Crippen molar-refractivity contribution in [2.75, 3.05) is 0 Å². The van der Waals surface area contributed by atoms with E-state index >= 15 is 0 Å². The molecule has 0 aromatic carbocycles. The van der Waals surface area contributed by atoms with E-state index in [1.54, 1.807) is 0 Å². The SMILES string of the molecule is Cc1cc[nH]c1C(N)=S. The van der Waals surface area contributed by atoms with E-state index in [0.717, 1.165) is 11.3 Å². The first-order chi connectivity index (χ1) is 4.22. The minimum absolute atomic E-state index is 0.428. The maximum Gasteiger partial charge on any atom is 0.120 e. The largest absolute Gasteiger partial charge is 0.388 e. The fraction of sp³-hybridized carbons (Fsp3) is 0.167. The van der Waals surface area contributed by atoms with E-state index in [-0.39, 0.29) is 0 Å². The molecule has 1 aromatic heterocycles. The topological polar surface area (TPSA) is 41.8 Å². The molecule has 0 saturated carbocycles. The second-order valence-electron chi connectivity index (χ2n) is 1.90. The van der Waals surface area contributed by atoms with Crippen LogP contribution in [0.4, 0.5) is 0 Å². The van der Waals surface area contributed by atoms with Crippen LogP contribution in [0.2, 0.25) is 0 Å². The van der Waals surface area contributed by atoms with Gasteiger partial charge in [-0.2, -0.15) is 0 Å². The highest BCUT2D eigenvalue weighted by molar-refractivity contribution is 7.80. The highest BCUT2D eigenvalue weighted by Gasteiger charge is 1.98. The summed E-state index contributed by atoms with van der Waals surface area (Å²) in [6.45, 7) is 1.96. The third kappa shape index (κ3) is 1.10. The van der Waals surface area contributed by atoms with Crippen LogP contribution in [0.1, 0.15) is 11.3 Å². The van der Waals surface area contributed by atoms with E-state index < -0.39 is 0 Å². The number of thiocarbonyl (C=S) groups is 1. The summed E-state index contributed by atoms with van der Waals surface area (Å²) in [6.07, 6.45) is 1.82.